The van der Waals surface area contributed by atoms with Crippen molar-refractivity contribution < 1.29 is 18.0 Å². The van der Waals surface area contributed by atoms with Gasteiger partial charge in [0.2, 0.25) is 21.8 Å². The molecule has 0 N–H and O–H groups in total. The average molecular weight is 363 g/mol. The number of benzene rings is 1. The Morgan fingerprint density at radius 1 is 1.12 bits per heavy atom. The van der Waals surface area contributed by atoms with Crippen LogP contribution in [0.4, 0.5) is 5.69 Å². The van der Waals surface area contributed by atoms with Crippen LogP contribution in [0.25, 0.3) is 0 Å². The number of piperazine rings is 1. The van der Waals surface area contributed by atoms with Gasteiger partial charge in [0.15, 0.2) is 0 Å². The Morgan fingerprint density at radius 3 is 2.44 bits per heavy atom. The number of anilines is 1. The van der Waals surface area contributed by atoms with Gasteiger partial charge in [-0.2, -0.15) is 4.31 Å². The Bertz CT molecular complexity index is 839. The second-order valence-corrected chi connectivity index (χ2v) is 8.86. The number of hydrogen-bond donors (Lipinski definition) is 0. The van der Waals surface area contributed by atoms with Gasteiger partial charge in [-0.1, -0.05) is 0 Å². The molecule has 0 atom stereocenters. The smallest absolute Gasteiger partial charge is 0.243 e. The summed E-state index contributed by atoms with van der Waals surface area (Å²) in [7, 11) is -1.91. The largest absolute Gasteiger partial charge is 0.340 e. The zero-order valence-electron chi connectivity index (χ0n) is 14.1. The van der Waals surface area contributed by atoms with Crippen LogP contribution in [-0.4, -0.2) is 62.7 Å². The molecule has 3 aliphatic rings. The first kappa shape index (κ1) is 16.5. The molecule has 1 saturated carbocycles. The third-order valence-corrected chi connectivity index (χ3v) is 7.14. The lowest BCUT2D eigenvalue weighted by Crippen LogP contribution is -2.50. The lowest BCUT2D eigenvalue weighted by molar-refractivity contribution is -0.133. The number of rotatable bonds is 3. The molecule has 0 spiro atoms. The molecule has 0 unspecified atom stereocenters. The van der Waals surface area contributed by atoms with Gasteiger partial charge < -0.3 is 9.80 Å². The third-order valence-electron chi connectivity index (χ3n) is 5.24. The number of fused-ring (bicyclic) bond motifs is 1. The molecule has 1 aromatic carbocycles. The van der Waals surface area contributed by atoms with Crippen LogP contribution in [0.2, 0.25) is 0 Å². The monoisotopic (exact) mass is 363 g/mol. The van der Waals surface area contributed by atoms with Crippen molar-refractivity contribution in [2.75, 3.05) is 38.1 Å². The molecule has 0 aromatic heterocycles. The normalized spacial score (nSPS) is 21.6. The predicted octanol–water partition coefficient (Wildman–Crippen LogP) is 0.448. The van der Waals surface area contributed by atoms with E-state index >= 15 is 0 Å². The van der Waals surface area contributed by atoms with Gasteiger partial charge in [0.05, 0.1) is 11.3 Å². The number of likely N-dealkylation sites (N-methyl/N-ethyl adjacent to an activating group) is 1. The summed E-state index contributed by atoms with van der Waals surface area (Å²) in [6.07, 6.45) is 2.15. The van der Waals surface area contributed by atoms with Crippen molar-refractivity contribution in [3.8, 4) is 0 Å². The van der Waals surface area contributed by atoms with Gasteiger partial charge in [-0.15, -0.1) is 0 Å². The van der Waals surface area contributed by atoms with E-state index in [1.54, 1.807) is 35.0 Å². The standard InChI is InChI=1S/C17H21N3O4S/c1-18-15-5-4-14(10-13(15)11-16(18)21)25(23,24)20-8-6-19(7-9-20)17(22)12-2-3-12/h4-5,10,12H,2-3,6-9,11H2,1H3. The Hall–Kier alpha value is -1.93. The maximum Gasteiger partial charge on any atom is 0.243 e. The molecular weight excluding hydrogens is 342 g/mol. The summed E-state index contributed by atoms with van der Waals surface area (Å²) < 4.78 is 27.2. The number of sulfonamides is 1. The van der Waals surface area contributed by atoms with Crippen molar-refractivity contribution in [1.82, 2.24) is 9.21 Å². The maximum atomic E-state index is 12.9. The summed E-state index contributed by atoms with van der Waals surface area (Å²) in [6, 6.07) is 4.86. The Labute approximate surface area is 147 Å². The summed E-state index contributed by atoms with van der Waals surface area (Å²) in [4.78, 5) is 27.4. The fourth-order valence-electron chi connectivity index (χ4n) is 3.49. The highest BCUT2D eigenvalue weighted by Gasteiger charge is 2.37. The molecule has 1 saturated heterocycles. The van der Waals surface area contributed by atoms with Gasteiger partial charge >= 0.3 is 0 Å². The molecule has 2 heterocycles. The first-order valence-corrected chi connectivity index (χ1v) is 10.0. The molecular formula is C17H21N3O4S. The van der Waals surface area contributed by atoms with Gasteiger partial charge in [0.1, 0.15) is 0 Å². The minimum Gasteiger partial charge on any atom is -0.340 e. The molecule has 4 rings (SSSR count). The van der Waals surface area contributed by atoms with E-state index in [4.69, 9.17) is 0 Å². The zero-order valence-corrected chi connectivity index (χ0v) is 15.0. The minimum atomic E-state index is -3.61. The Morgan fingerprint density at radius 2 is 1.80 bits per heavy atom. The van der Waals surface area contributed by atoms with E-state index in [-0.39, 0.29) is 29.0 Å². The molecule has 134 valence electrons. The lowest BCUT2D eigenvalue weighted by Gasteiger charge is -2.34. The lowest BCUT2D eigenvalue weighted by atomic mass is 10.2. The summed E-state index contributed by atoms with van der Waals surface area (Å²) in [6.45, 7) is 1.52. The quantitative estimate of drug-likeness (QED) is 0.781. The molecule has 8 heteroatoms. The number of nitrogens with zero attached hydrogens (tertiary/aromatic N) is 3. The van der Waals surface area contributed by atoms with Crippen LogP contribution >= 0.6 is 0 Å². The van der Waals surface area contributed by atoms with Crippen LogP contribution in [-0.2, 0) is 26.0 Å². The second-order valence-electron chi connectivity index (χ2n) is 6.92. The van der Waals surface area contributed by atoms with E-state index in [0.29, 0.717) is 26.2 Å². The summed E-state index contributed by atoms with van der Waals surface area (Å²) in [5, 5.41) is 0. The van der Waals surface area contributed by atoms with Crippen molar-refractivity contribution in [2.24, 2.45) is 5.92 Å². The molecule has 1 aromatic rings. The minimum absolute atomic E-state index is 0.0308. The van der Waals surface area contributed by atoms with Gasteiger partial charge in [-0.05, 0) is 36.6 Å². The maximum absolute atomic E-state index is 12.9. The molecule has 25 heavy (non-hydrogen) atoms. The van der Waals surface area contributed by atoms with Crippen molar-refractivity contribution >= 4 is 27.5 Å². The molecule has 0 bridgehead atoms. The summed E-state index contributed by atoms with van der Waals surface area (Å²) in [5.41, 5.74) is 1.51. The van der Waals surface area contributed by atoms with Gasteiger partial charge in [0, 0.05) is 44.8 Å². The number of carbonyl (C=O) groups excluding carboxylic acids is 2. The molecule has 7 nitrogen and oxygen atoms in total. The highest BCUT2D eigenvalue weighted by Crippen LogP contribution is 2.33. The molecule has 2 amide bonds. The first-order valence-electron chi connectivity index (χ1n) is 8.56. The van der Waals surface area contributed by atoms with Crippen molar-refractivity contribution in [3.63, 3.8) is 0 Å². The summed E-state index contributed by atoms with van der Waals surface area (Å²) in [5.74, 6) is 0.294. The second kappa shape index (κ2) is 5.81. The Kier molecular flexibility index (Phi) is 3.84. The molecule has 2 fully saturated rings. The van der Waals surface area contributed by atoms with Crippen LogP contribution in [0.5, 0.6) is 0 Å². The van der Waals surface area contributed by atoms with Crippen LogP contribution in [0.15, 0.2) is 23.1 Å². The van der Waals surface area contributed by atoms with Crippen LogP contribution in [0.3, 0.4) is 0 Å². The average Bonchev–Trinajstić information content (AvgIpc) is 3.41. The van der Waals surface area contributed by atoms with E-state index in [0.717, 1.165) is 24.1 Å². The third kappa shape index (κ3) is 2.83. The van der Waals surface area contributed by atoms with Crippen LogP contribution in [0.1, 0.15) is 18.4 Å². The van der Waals surface area contributed by atoms with E-state index < -0.39 is 10.0 Å². The van der Waals surface area contributed by atoms with Gasteiger partial charge in [0.25, 0.3) is 0 Å². The molecule has 0 radical (unpaired) electrons. The van der Waals surface area contributed by atoms with Crippen LogP contribution < -0.4 is 4.90 Å². The molecule has 2 aliphatic heterocycles. The highest BCUT2D eigenvalue weighted by atomic mass is 32.2. The predicted molar refractivity (Wildman–Crippen MR) is 91.6 cm³/mol. The van der Waals surface area contributed by atoms with Crippen molar-refractivity contribution in [3.05, 3.63) is 23.8 Å². The fourth-order valence-corrected chi connectivity index (χ4v) is 4.97. The highest BCUT2D eigenvalue weighted by molar-refractivity contribution is 7.89. The molecule has 1 aliphatic carbocycles. The Balaban J connectivity index is 1.50. The fraction of sp³-hybridized carbons (Fsp3) is 0.529. The zero-order chi connectivity index (χ0) is 17.8. The number of hydrogen-bond acceptors (Lipinski definition) is 4. The van der Waals surface area contributed by atoms with E-state index in [1.807, 2.05) is 0 Å². The van der Waals surface area contributed by atoms with Gasteiger partial charge in [-0.3, -0.25) is 9.59 Å². The number of amides is 2. The van der Waals surface area contributed by atoms with Crippen LogP contribution in [0, 0.1) is 5.92 Å². The van der Waals surface area contributed by atoms with Crippen molar-refractivity contribution in [1.29, 1.82) is 0 Å². The van der Waals surface area contributed by atoms with Gasteiger partial charge in [-0.25, -0.2) is 8.42 Å². The van der Waals surface area contributed by atoms with E-state index in [9.17, 15) is 18.0 Å². The summed E-state index contributed by atoms with van der Waals surface area (Å²) >= 11 is 0. The van der Waals surface area contributed by atoms with Crippen molar-refractivity contribution in [2.45, 2.75) is 24.2 Å². The van der Waals surface area contributed by atoms with E-state index in [2.05, 4.69) is 0 Å². The SMILES string of the molecule is CN1C(=O)Cc2cc(S(=O)(=O)N3CCN(C(=O)C4CC4)CC3)ccc21. The number of carbonyl (C=O) groups is 2. The van der Waals surface area contributed by atoms with E-state index in [1.165, 1.54) is 4.31 Å². The topological polar surface area (TPSA) is 78.0 Å². The first-order chi connectivity index (χ1) is 11.9.